The van der Waals surface area contributed by atoms with Crippen molar-refractivity contribution >= 4 is 15.9 Å². The first-order valence-electron chi connectivity index (χ1n) is 5.32. The maximum atomic E-state index is 13.1. The zero-order chi connectivity index (χ0) is 14.0. The van der Waals surface area contributed by atoms with Crippen LogP contribution in [0.15, 0.2) is 30.5 Å². The fourth-order valence-electron chi connectivity index (χ4n) is 1.77. The average Bonchev–Trinajstić information content (AvgIpc) is 2.82. The van der Waals surface area contributed by atoms with Gasteiger partial charge in [-0.15, -0.1) is 0 Å². The molecule has 0 spiro atoms. The first-order chi connectivity index (χ1) is 8.99. The third-order valence-corrected chi connectivity index (χ3v) is 3.17. The summed E-state index contributed by atoms with van der Waals surface area (Å²) in [5.74, 6) is 0.331. The second kappa shape index (κ2) is 5.24. The van der Waals surface area contributed by atoms with E-state index in [1.165, 1.54) is 19.4 Å². The van der Waals surface area contributed by atoms with Gasteiger partial charge in [0.2, 0.25) is 0 Å². The van der Waals surface area contributed by atoms with Crippen molar-refractivity contribution in [3.63, 3.8) is 0 Å². The molecule has 0 aliphatic rings. The molecule has 0 N–H and O–H groups in total. The number of para-hydroxylation sites is 2. The third-order valence-electron chi connectivity index (χ3n) is 2.57. The van der Waals surface area contributed by atoms with E-state index in [1.807, 2.05) is 0 Å². The molecule has 19 heavy (non-hydrogen) atoms. The van der Waals surface area contributed by atoms with E-state index in [0.29, 0.717) is 5.75 Å². The number of nitrogens with zero attached hydrogens (tertiary/aromatic N) is 2. The molecule has 102 valence electrons. The molecule has 0 aliphatic carbocycles. The minimum atomic E-state index is -4.49. The van der Waals surface area contributed by atoms with Gasteiger partial charge in [-0.1, -0.05) is 28.1 Å². The summed E-state index contributed by atoms with van der Waals surface area (Å²) < 4.78 is 45.3. The van der Waals surface area contributed by atoms with Crippen LogP contribution in [0.1, 0.15) is 11.3 Å². The molecule has 0 fully saturated rings. The first kappa shape index (κ1) is 13.9. The number of rotatable bonds is 3. The van der Waals surface area contributed by atoms with E-state index in [2.05, 4.69) is 21.0 Å². The van der Waals surface area contributed by atoms with Crippen molar-refractivity contribution in [2.45, 2.75) is 11.5 Å². The van der Waals surface area contributed by atoms with Crippen molar-refractivity contribution in [2.24, 2.45) is 0 Å². The standard InChI is InChI=1S/C12H10BrF3N2O/c1-19-10-5-3-2-4-9(10)18-11(12(14,15)16)8(6-13)7-17-18/h2-5,7H,6H2,1H3. The lowest BCUT2D eigenvalue weighted by atomic mass is 10.2. The van der Waals surface area contributed by atoms with Crippen LogP contribution in [0.5, 0.6) is 5.75 Å². The monoisotopic (exact) mass is 334 g/mol. The minimum absolute atomic E-state index is 0.0803. The molecule has 0 aliphatic heterocycles. The van der Waals surface area contributed by atoms with Gasteiger partial charge in [-0.3, -0.25) is 0 Å². The molecule has 1 aromatic carbocycles. The Morgan fingerprint density at radius 3 is 2.58 bits per heavy atom. The fourth-order valence-corrected chi connectivity index (χ4v) is 2.18. The lowest BCUT2D eigenvalue weighted by Gasteiger charge is -2.14. The van der Waals surface area contributed by atoms with Crippen LogP contribution in [0.25, 0.3) is 5.69 Å². The van der Waals surface area contributed by atoms with E-state index in [1.54, 1.807) is 18.2 Å². The fraction of sp³-hybridized carbons (Fsp3) is 0.250. The van der Waals surface area contributed by atoms with Crippen LogP contribution in [-0.4, -0.2) is 16.9 Å². The van der Waals surface area contributed by atoms with E-state index >= 15 is 0 Å². The molecular formula is C12H10BrF3N2O. The van der Waals surface area contributed by atoms with Crippen molar-refractivity contribution in [2.75, 3.05) is 7.11 Å². The highest BCUT2D eigenvalue weighted by Crippen LogP contribution is 2.36. The van der Waals surface area contributed by atoms with Crippen LogP contribution in [0.3, 0.4) is 0 Å². The van der Waals surface area contributed by atoms with Gasteiger partial charge in [0.25, 0.3) is 0 Å². The van der Waals surface area contributed by atoms with Crippen LogP contribution in [0, 0.1) is 0 Å². The summed E-state index contributed by atoms with van der Waals surface area (Å²) in [4.78, 5) is 0. The van der Waals surface area contributed by atoms with Crippen LogP contribution in [-0.2, 0) is 11.5 Å². The van der Waals surface area contributed by atoms with E-state index in [0.717, 1.165) is 4.68 Å². The highest BCUT2D eigenvalue weighted by molar-refractivity contribution is 9.08. The van der Waals surface area contributed by atoms with Crippen LogP contribution in [0.4, 0.5) is 13.2 Å². The highest BCUT2D eigenvalue weighted by Gasteiger charge is 2.38. The van der Waals surface area contributed by atoms with E-state index in [4.69, 9.17) is 4.74 Å². The predicted octanol–water partition coefficient (Wildman–Crippen LogP) is 3.79. The van der Waals surface area contributed by atoms with E-state index < -0.39 is 11.9 Å². The Balaban J connectivity index is 2.66. The van der Waals surface area contributed by atoms with Gasteiger partial charge in [-0.2, -0.15) is 18.3 Å². The van der Waals surface area contributed by atoms with E-state index in [9.17, 15) is 13.2 Å². The Morgan fingerprint density at radius 2 is 2.00 bits per heavy atom. The number of methoxy groups -OCH3 is 1. The number of benzene rings is 1. The number of halogens is 4. The molecule has 0 unspecified atom stereocenters. The molecule has 0 atom stereocenters. The predicted molar refractivity (Wildman–Crippen MR) is 67.7 cm³/mol. The third kappa shape index (κ3) is 2.60. The molecule has 1 heterocycles. The summed E-state index contributed by atoms with van der Waals surface area (Å²) in [5, 5.41) is 3.90. The minimum Gasteiger partial charge on any atom is -0.494 e. The normalized spacial score (nSPS) is 11.6. The van der Waals surface area contributed by atoms with Crippen molar-refractivity contribution in [3.8, 4) is 11.4 Å². The van der Waals surface area contributed by atoms with Gasteiger partial charge in [0, 0.05) is 10.9 Å². The largest absolute Gasteiger partial charge is 0.494 e. The Labute approximate surface area is 116 Å². The Kier molecular flexibility index (Phi) is 3.84. The lowest BCUT2D eigenvalue weighted by molar-refractivity contribution is -0.143. The highest BCUT2D eigenvalue weighted by atomic mass is 79.9. The molecule has 1 aromatic heterocycles. The summed E-state index contributed by atoms with van der Waals surface area (Å²) >= 11 is 3.04. The number of aromatic nitrogens is 2. The summed E-state index contributed by atoms with van der Waals surface area (Å²) in [5.41, 5.74) is -0.461. The topological polar surface area (TPSA) is 27.1 Å². The molecule has 0 saturated heterocycles. The van der Waals surface area contributed by atoms with Gasteiger partial charge in [-0.25, -0.2) is 4.68 Å². The van der Waals surface area contributed by atoms with Gasteiger partial charge < -0.3 is 4.74 Å². The molecule has 3 nitrogen and oxygen atoms in total. The Bertz CT molecular complexity index is 581. The van der Waals surface area contributed by atoms with Crippen molar-refractivity contribution < 1.29 is 17.9 Å². The number of ether oxygens (including phenoxy) is 1. The zero-order valence-electron chi connectivity index (χ0n) is 9.91. The maximum absolute atomic E-state index is 13.1. The maximum Gasteiger partial charge on any atom is 0.433 e. The molecule has 7 heteroatoms. The molecule has 2 rings (SSSR count). The second-order valence-electron chi connectivity index (χ2n) is 3.73. The summed E-state index contributed by atoms with van der Waals surface area (Å²) in [7, 11) is 1.40. The second-order valence-corrected chi connectivity index (χ2v) is 4.29. The Hall–Kier alpha value is -1.50. The average molecular weight is 335 g/mol. The van der Waals surface area contributed by atoms with Crippen LogP contribution < -0.4 is 4.74 Å². The molecule has 0 amide bonds. The van der Waals surface area contributed by atoms with E-state index in [-0.39, 0.29) is 16.6 Å². The number of hydrogen-bond acceptors (Lipinski definition) is 2. The van der Waals surface area contributed by atoms with Crippen molar-refractivity contribution in [1.29, 1.82) is 0 Å². The molecule has 2 aromatic rings. The number of alkyl halides is 4. The van der Waals surface area contributed by atoms with Gasteiger partial charge >= 0.3 is 6.18 Å². The molecule has 0 bridgehead atoms. The Morgan fingerprint density at radius 1 is 1.32 bits per heavy atom. The quantitative estimate of drug-likeness (QED) is 0.798. The zero-order valence-corrected chi connectivity index (χ0v) is 11.5. The molecular weight excluding hydrogens is 325 g/mol. The van der Waals surface area contributed by atoms with Crippen LogP contribution in [0.2, 0.25) is 0 Å². The molecule has 0 radical (unpaired) electrons. The summed E-state index contributed by atoms with van der Waals surface area (Å²) in [6, 6.07) is 6.43. The molecule has 0 saturated carbocycles. The van der Waals surface area contributed by atoms with Crippen LogP contribution >= 0.6 is 15.9 Å². The lowest BCUT2D eigenvalue weighted by Crippen LogP contribution is -2.15. The number of hydrogen-bond donors (Lipinski definition) is 0. The van der Waals surface area contributed by atoms with Gasteiger partial charge in [-0.05, 0) is 12.1 Å². The SMILES string of the molecule is COc1ccccc1-n1ncc(CBr)c1C(F)(F)F. The van der Waals surface area contributed by atoms with Gasteiger partial charge in [0.1, 0.15) is 11.4 Å². The first-order valence-corrected chi connectivity index (χ1v) is 6.44. The van der Waals surface area contributed by atoms with Gasteiger partial charge in [0.05, 0.1) is 13.3 Å². The van der Waals surface area contributed by atoms with Crippen molar-refractivity contribution in [1.82, 2.24) is 9.78 Å². The van der Waals surface area contributed by atoms with Gasteiger partial charge in [0.15, 0.2) is 5.69 Å². The smallest absolute Gasteiger partial charge is 0.433 e. The summed E-state index contributed by atoms with van der Waals surface area (Å²) in [6.07, 6.45) is -3.29. The summed E-state index contributed by atoms with van der Waals surface area (Å²) in [6.45, 7) is 0. The van der Waals surface area contributed by atoms with Crippen molar-refractivity contribution in [3.05, 3.63) is 41.7 Å².